The van der Waals surface area contributed by atoms with Crippen LogP contribution in [0.5, 0.6) is 0 Å². The van der Waals surface area contributed by atoms with Gasteiger partial charge in [-0.05, 0) is 31.2 Å². The summed E-state index contributed by atoms with van der Waals surface area (Å²) in [5.41, 5.74) is 1.90. The molecular formula is C20H27N9O. The molecule has 0 bridgehead atoms. The number of aromatic nitrogens is 5. The lowest BCUT2D eigenvalue weighted by atomic mass is 10.2. The van der Waals surface area contributed by atoms with E-state index in [0.717, 1.165) is 39.1 Å². The molecule has 0 amide bonds. The van der Waals surface area contributed by atoms with E-state index in [1.54, 1.807) is 18.6 Å². The maximum Gasteiger partial charge on any atom is 0.253 e. The van der Waals surface area contributed by atoms with Crippen molar-refractivity contribution in [2.45, 2.75) is 13.0 Å². The first-order valence-corrected chi connectivity index (χ1v) is 10.1. The molecule has 10 heteroatoms. The predicted octanol–water partition coefficient (Wildman–Crippen LogP) is 1.37. The van der Waals surface area contributed by atoms with Crippen LogP contribution < -0.4 is 10.6 Å². The number of rotatable bonds is 8. The third-order valence-electron chi connectivity index (χ3n) is 5.12. The molecular weight excluding hydrogens is 382 g/mol. The van der Waals surface area contributed by atoms with Crippen molar-refractivity contribution in [2.75, 3.05) is 57.5 Å². The van der Waals surface area contributed by atoms with Gasteiger partial charge in [0, 0.05) is 58.4 Å². The number of pyridine rings is 1. The smallest absolute Gasteiger partial charge is 0.253 e. The summed E-state index contributed by atoms with van der Waals surface area (Å²) in [6.07, 6.45) is 6.16. The van der Waals surface area contributed by atoms with Gasteiger partial charge in [0.25, 0.3) is 5.89 Å². The van der Waals surface area contributed by atoms with Gasteiger partial charge in [-0.15, -0.1) is 10.2 Å². The highest BCUT2D eigenvalue weighted by atomic mass is 16.4. The maximum atomic E-state index is 5.90. The van der Waals surface area contributed by atoms with E-state index in [0.29, 0.717) is 35.7 Å². The first kappa shape index (κ1) is 20.2. The molecule has 3 aromatic rings. The zero-order chi connectivity index (χ0) is 20.8. The van der Waals surface area contributed by atoms with Crippen LogP contribution in [0.4, 0.5) is 11.8 Å². The van der Waals surface area contributed by atoms with Crippen LogP contribution in [-0.4, -0.2) is 81.8 Å². The Balaban J connectivity index is 1.38. The molecule has 30 heavy (non-hydrogen) atoms. The lowest BCUT2D eigenvalue weighted by Gasteiger charge is -2.31. The molecule has 10 nitrogen and oxygen atoms in total. The summed E-state index contributed by atoms with van der Waals surface area (Å²) < 4.78 is 5.90. The molecule has 1 fully saturated rings. The van der Waals surface area contributed by atoms with Crippen LogP contribution in [0.15, 0.2) is 35.1 Å². The van der Waals surface area contributed by atoms with Gasteiger partial charge in [0.05, 0.1) is 12.1 Å². The van der Waals surface area contributed by atoms with E-state index in [1.165, 1.54) is 5.56 Å². The number of anilines is 2. The second-order valence-corrected chi connectivity index (χ2v) is 7.32. The van der Waals surface area contributed by atoms with Crippen molar-refractivity contribution in [3.8, 4) is 11.5 Å². The molecule has 0 spiro atoms. The van der Waals surface area contributed by atoms with E-state index in [4.69, 9.17) is 4.42 Å². The quantitative estimate of drug-likeness (QED) is 0.566. The third-order valence-corrected chi connectivity index (χ3v) is 5.12. The fourth-order valence-corrected chi connectivity index (χ4v) is 3.31. The second kappa shape index (κ2) is 9.59. The first-order valence-electron chi connectivity index (χ1n) is 10.1. The Morgan fingerprint density at radius 3 is 2.67 bits per heavy atom. The standard InChI is InChI=1S/C20H27N9O/c1-21-18-16(13-24-20(25-18)23-8-5-15-3-6-22-7-4-15)19-27-26-17(30-19)14-29-11-9-28(2)10-12-29/h3-4,6-7,13H,5,8-12,14H2,1-2H3,(H2,21,23,24,25). The van der Waals surface area contributed by atoms with Crippen LogP contribution in [0.3, 0.4) is 0 Å². The average molecular weight is 409 g/mol. The maximum absolute atomic E-state index is 5.90. The van der Waals surface area contributed by atoms with Gasteiger partial charge in [-0.3, -0.25) is 9.88 Å². The Morgan fingerprint density at radius 2 is 1.90 bits per heavy atom. The predicted molar refractivity (Wildman–Crippen MR) is 114 cm³/mol. The normalized spacial score (nSPS) is 15.3. The number of likely N-dealkylation sites (N-methyl/N-ethyl adjacent to an activating group) is 1. The zero-order valence-electron chi connectivity index (χ0n) is 17.4. The topological polar surface area (TPSA) is 108 Å². The Labute approximate surface area is 175 Å². The highest BCUT2D eigenvalue weighted by Gasteiger charge is 2.19. The molecule has 158 valence electrons. The highest BCUT2D eigenvalue weighted by Crippen LogP contribution is 2.25. The minimum absolute atomic E-state index is 0.423. The molecule has 1 aliphatic heterocycles. The number of nitrogens with one attached hydrogen (secondary N) is 2. The van der Waals surface area contributed by atoms with Crippen LogP contribution in [-0.2, 0) is 13.0 Å². The molecule has 4 heterocycles. The monoisotopic (exact) mass is 409 g/mol. The van der Waals surface area contributed by atoms with Crippen LogP contribution in [0.2, 0.25) is 0 Å². The Hall–Kier alpha value is -3.11. The second-order valence-electron chi connectivity index (χ2n) is 7.32. The minimum Gasteiger partial charge on any atom is -0.419 e. The molecule has 1 saturated heterocycles. The summed E-state index contributed by atoms with van der Waals surface area (Å²) in [6.45, 7) is 5.48. The van der Waals surface area contributed by atoms with E-state index in [9.17, 15) is 0 Å². The molecule has 1 aliphatic rings. The van der Waals surface area contributed by atoms with E-state index < -0.39 is 0 Å². The van der Waals surface area contributed by atoms with Crippen molar-refractivity contribution in [2.24, 2.45) is 0 Å². The van der Waals surface area contributed by atoms with Gasteiger partial charge in [0.2, 0.25) is 11.8 Å². The third kappa shape index (κ3) is 5.08. The fraction of sp³-hybridized carbons (Fsp3) is 0.450. The summed E-state index contributed by atoms with van der Waals surface area (Å²) in [7, 11) is 3.95. The van der Waals surface area contributed by atoms with Crippen molar-refractivity contribution < 1.29 is 4.42 Å². The Bertz CT molecular complexity index is 938. The molecule has 0 radical (unpaired) electrons. The summed E-state index contributed by atoms with van der Waals surface area (Å²) in [4.78, 5) is 17.6. The largest absolute Gasteiger partial charge is 0.419 e. The summed E-state index contributed by atoms with van der Waals surface area (Å²) >= 11 is 0. The van der Waals surface area contributed by atoms with Crippen molar-refractivity contribution in [1.29, 1.82) is 0 Å². The molecule has 0 aliphatic carbocycles. The van der Waals surface area contributed by atoms with Gasteiger partial charge in [-0.1, -0.05) is 0 Å². The van der Waals surface area contributed by atoms with Crippen molar-refractivity contribution in [3.63, 3.8) is 0 Å². The number of hydrogen-bond acceptors (Lipinski definition) is 10. The van der Waals surface area contributed by atoms with Gasteiger partial charge in [-0.2, -0.15) is 4.98 Å². The van der Waals surface area contributed by atoms with Crippen LogP contribution in [0.1, 0.15) is 11.5 Å². The molecule has 4 rings (SSSR count). The summed E-state index contributed by atoms with van der Waals surface area (Å²) in [5, 5.41) is 14.8. The average Bonchev–Trinajstić information content (AvgIpc) is 3.24. The molecule has 0 unspecified atom stereocenters. The molecule has 0 aromatic carbocycles. The summed E-state index contributed by atoms with van der Waals surface area (Å²) in [6, 6.07) is 4.00. The summed E-state index contributed by atoms with van der Waals surface area (Å²) in [5.74, 6) is 2.23. The minimum atomic E-state index is 0.423. The van der Waals surface area contributed by atoms with Crippen LogP contribution in [0.25, 0.3) is 11.5 Å². The number of nitrogens with zero attached hydrogens (tertiary/aromatic N) is 7. The Morgan fingerprint density at radius 1 is 1.10 bits per heavy atom. The lowest BCUT2D eigenvalue weighted by molar-refractivity contribution is 0.138. The van der Waals surface area contributed by atoms with E-state index >= 15 is 0 Å². The van der Waals surface area contributed by atoms with E-state index in [-0.39, 0.29) is 0 Å². The van der Waals surface area contributed by atoms with Gasteiger partial charge < -0.3 is 20.0 Å². The molecule has 2 N–H and O–H groups in total. The fourth-order valence-electron chi connectivity index (χ4n) is 3.31. The van der Waals surface area contributed by atoms with E-state index in [1.807, 2.05) is 19.2 Å². The van der Waals surface area contributed by atoms with Gasteiger partial charge >= 0.3 is 0 Å². The molecule has 0 saturated carbocycles. The van der Waals surface area contributed by atoms with Crippen LogP contribution >= 0.6 is 0 Å². The SMILES string of the molecule is CNc1nc(NCCc2ccncc2)ncc1-c1nnc(CN2CCN(C)CC2)o1. The molecule has 0 atom stereocenters. The van der Waals surface area contributed by atoms with Crippen LogP contribution in [0, 0.1) is 0 Å². The zero-order valence-corrected chi connectivity index (χ0v) is 17.4. The van der Waals surface area contributed by atoms with Crippen molar-refractivity contribution >= 4 is 11.8 Å². The highest BCUT2D eigenvalue weighted by molar-refractivity contribution is 5.68. The number of piperazine rings is 1. The van der Waals surface area contributed by atoms with Gasteiger partial charge in [-0.25, -0.2) is 4.98 Å². The molecule has 3 aromatic heterocycles. The number of hydrogen-bond donors (Lipinski definition) is 2. The van der Waals surface area contributed by atoms with Crippen molar-refractivity contribution in [1.82, 2.24) is 34.9 Å². The van der Waals surface area contributed by atoms with Crippen molar-refractivity contribution in [3.05, 3.63) is 42.2 Å². The lowest BCUT2D eigenvalue weighted by Crippen LogP contribution is -2.43. The van der Waals surface area contributed by atoms with Gasteiger partial charge in [0.15, 0.2) is 0 Å². The van der Waals surface area contributed by atoms with Gasteiger partial charge in [0.1, 0.15) is 5.82 Å². The Kier molecular flexibility index (Phi) is 6.45. The first-order chi connectivity index (χ1) is 14.7. The van der Waals surface area contributed by atoms with E-state index in [2.05, 4.69) is 52.6 Å².